The number of carbonyl (C=O) groups is 1. The van der Waals surface area contributed by atoms with E-state index in [-0.39, 0.29) is 12.8 Å². The lowest BCUT2D eigenvalue weighted by Gasteiger charge is -2.36. The van der Waals surface area contributed by atoms with Crippen molar-refractivity contribution in [3.8, 4) is 11.5 Å². The first-order valence-electron chi connectivity index (χ1n) is 8.05. The van der Waals surface area contributed by atoms with Crippen molar-refractivity contribution in [3.63, 3.8) is 0 Å². The molecule has 0 radical (unpaired) electrons. The zero-order chi connectivity index (χ0) is 16.4. The van der Waals surface area contributed by atoms with Gasteiger partial charge in [0.2, 0.25) is 6.79 Å². The molecule has 24 heavy (non-hydrogen) atoms. The van der Waals surface area contributed by atoms with Crippen LogP contribution in [0, 0.1) is 0 Å². The highest BCUT2D eigenvalue weighted by atomic mass is 16.7. The summed E-state index contributed by atoms with van der Waals surface area (Å²) in [5.74, 6) is 1.38. The summed E-state index contributed by atoms with van der Waals surface area (Å²) in [5.41, 5.74) is 1.92. The number of anilines is 2. The summed E-state index contributed by atoms with van der Waals surface area (Å²) < 4.78 is 10.6. The van der Waals surface area contributed by atoms with E-state index in [1.807, 2.05) is 35.2 Å². The predicted octanol–water partition coefficient (Wildman–Crippen LogP) is 2.77. The van der Waals surface area contributed by atoms with E-state index in [2.05, 4.69) is 22.3 Å². The second kappa shape index (κ2) is 6.31. The second-order valence-electron chi connectivity index (χ2n) is 5.81. The number of para-hydroxylation sites is 1. The van der Waals surface area contributed by atoms with Crippen molar-refractivity contribution >= 4 is 17.4 Å². The minimum atomic E-state index is -0.0819. The number of nitrogens with zero attached hydrogens (tertiary/aromatic N) is 2. The van der Waals surface area contributed by atoms with Crippen LogP contribution in [0.15, 0.2) is 48.5 Å². The van der Waals surface area contributed by atoms with Gasteiger partial charge in [0.1, 0.15) is 0 Å². The molecule has 0 bridgehead atoms. The van der Waals surface area contributed by atoms with Crippen molar-refractivity contribution in [2.24, 2.45) is 0 Å². The maximum Gasteiger partial charge on any atom is 0.321 e. The molecule has 0 unspecified atom stereocenters. The number of carbonyl (C=O) groups excluding carboxylic acids is 1. The lowest BCUT2D eigenvalue weighted by atomic mass is 10.2. The second-order valence-corrected chi connectivity index (χ2v) is 5.81. The van der Waals surface area contributed by atoms with Crippen LogP contribution in [0.5, 0.6) is 11.5 Å². The van der Waals surface area contributed by atoms with Crippen LogP contribution in [0.3, 0.4) is 0 Å². The van der Waals surface area contributed by atoms with Gasteiger partial charge in [0.05, 0.1) is 0 Å². The van der Waals surface area contributed by atoms with Crippen LogP contribution in [-0.4, -0.2) is 43.9 Å². The SMILES string of the molecule is O=C(Nc1ccc2c(c1)OCO2)N1CCN(c2ccccc2)CC1. The summed E-state index contributed by atoms with van der Waals surface area (Å²) in [4.78, 5) is 16.6. The summed E-state index contributed by atoms with van der Waals surface area (Å²) in [7, 11) is 0. The highest BCUT2D eigenvalue weighted by Gasteiger charge is 2.22. The molecule has 2 heterocycles. The van der Waals surface area contributed by atoms with Gasteiger partial charge in [0.25, 0.3) is 0 Å². The molecule has 1 saturated heterocycles. The standard InChI is InChI=1S/C18H19N3O3/c22-18(19-14-6-7-16-17(12-14)24-13-23-16)21-10-8-20(9-11-21)15-4-2-1-3-5-15/h1-7,12H,8-11,13H2,(H,19,22). The Morgan fingerprint density at radius 2 is 1.67 bits per heavy atom. The number of fused-ring (bicyclic) bond motifs is 1. The van der Waals surface area contributed by atoms with Crippen molar-refractivity contribution in [1.29, 1.82) is 0 Å². The van der Waals surface area contributed by atoms with Gasteiger partial charge in [0.15, 0.2) is 11.5 Å². The Kier molecular flexibility index (Phi) is 3.86. The molecule has 1 N–H and O–H groups in total. The normalized spacial score (nSPS) is 16.2. The van der Waals surface area contributed by atoms with Gasteiger partial charge in [0, 0.05) is 43.6 Å². The molecule has 0 saturated carbocycles. The molecule has 0 aliphatic carbocycles. The van der Waals surface area contributed by atoms with E-state index >= 15 is 0 Å². The third-order valence-electron chi connectivity index (χ3n) is 4.31. The molecular formula is C18H19N3O3. The van der Waals surface area contributed by atoms with Crippen LogP contribution in [0.25, 0.3) is 0 Å². The third-order valence-corrected chi connectivity index (χ3v) is 4.31. The van der Waals surface area contributed by atoms with E-state index < -0.39 is 0 Å². The van der Waals surface area contributed by atoms with Crippen molar-refractivity contribution in [2.75, 3.05) is 43.2 Å². The molecule has 2 aromatic carbocycles. The molecule has 0 atom stereocenters. The van der Waals surface area contributed by atoms with Gasteiger partial charge in [-0.15, -0.1) is 0 Å². The lowest BCUT2D eigenvalue weighted by Crippen LogP contribution is -2.50. The van der Waals surface area contributed by atoms with Crippen molar-refractivity contribution in [1.82, 2.24) is 4.90 Å². The van der Waals surface area contributed by atoms with Gasteiger partial charge in [-0.25, -0.2) is 4.79 Å². The molecule has 0 aromatic heterocycles. The van der Waals surface area contributed by atoms with Crippen molar-refractivity contribution < 1.29 is 14.3 Å². The minimum absolute atomic E-state index is 0.0819. The smallest absolute Gasteiger partial charge is 0.321 e. The zero-order valence-corrected chi connectivity index (χ0v) is 13.3. The topological polar surface area (TPSA) is 54.0 Å². The fourth-order valence-corrected chi connectivity index (χ4v) is 2.98. The molecule has 4 rings (SSSR count). The maximum absolute atomic E-state index is 12.4. The van der Waals surface area contributed by atoms with Gasteiger partial charge in [-0.1, -0.05) is 18.2 Å². The van der Waals surface area contributed by atoms with Gasteiger partial charge in [-0.2, -0.15) is 0 Å². The molecule has 0 spiro atoms. The van der Waals surface area contributed by atoms with Gasteiger partial charge in [-0.05, 0) is 24.3 Å². The molecular weight excluding hydrogens is 306 g/mol. The van der Waals surface area contributed by atoms with Gasteiger partial charge >= 0.3 is 6.03 Å². The first-order chi connectivity index (χ1) is 11.8. The van der Waals surface area contributed by atoms with E-state index in [9.17, 15) is 4.79 Å². The first kappa shape index (κ1) is 14.7. The van der Waals surface area contributed by atoms with E-state index in [1.165, 1.54) is 5.69 Å². The average molecular weight is 325 g/mol. The Hall–Kier alpha value is -2.89. The third kappa shape index (κ3) is 2.95. The van der Waals surface area contributed by atoms with Crippen LogP contribution in [0.1, 0.15) is 0 Å². The van der Waals surface area contributed by atoms with E-state index in [4.69, 9.17) is 9.47 Å². The number of nitrogens with one attached hydrogen (secondary N) is 1. The summed E-state index contributed by atoms with van der Waals surface area (Å²) >= 11 is 0. The quantitative estimate of drug-likeness (QED) is 0.922. The number of amides is 2. The van der Waals surface area contributed by atoms with Crippen molar-refractivity contribution in [2.45, 2.75) is 0 Å². The molecule has 1 fully saturated rings. The molecule has 2 aliphatic rings. The Bertz CT molecular complexity index is 728. The Labute approximate surface area is 140 Å². The molecule has 2 amide bonds. The van der Waals surface area contributed by atoms with Crippen LogP contribution < -0.4 is 19.7 Å². The highest BCUT2D eigenvalue weighted by molar-refractivity contribution is 5.90. The summed E-state index contributed by atoms with van der Waals surface area (Å²) in [6.07, 6.45) is 0. The summed E-state index contributed by atoms with van der Waals surface area (Å²) in [6.45, 7) is 3.29. The van der Waals surface area contributed by atoms with Crippen LogP contribution in [0.2, 0.25) is 0 Å². The number of hydrogen-bond acceptors (Lipinski definition) is 4. The maximum atomic E-state index is 12.4. The molecule has 2 aromatic rings. The molecule has 124 valence electrons. The minimum Gasteiger partial charge on any atom is -0.454 e. The van der Waals surface area contributed by atoms with E-state index in [0.29, 0.717) is 24.6 Å². The Morgan fingerprint density at radius 3 is 2.46 bits per heavy atom. The average Bonchev–Trinajstić information content (AvgIpc) is 3.10. The predicted molar refractivity (Wildman–Crippen MR) is 91.8 cm³/mol. The fourth-order valence-electron chi connectivity index (χ4n) is 2.98. The number of urea groups is 1. The fraction of sp³-hybridized carbons (Fsp3) is 0.278. The van der Waals surface area contributed by atoms with Crippen LogP contribution in [-0.2, 0) is 0 Å². The zero-order valence-electron chi connectivity index (χ0n) is 13.3. The van der Waals surface area contributed by atoms with Gasteiger partial charge < -0.3 is 24.6 Å². The molecule has 2 aliphatic heterocycles. The number of rotatable bonds is 2. The number of ether oxygens (including phenoxy) is 2. The number of hydrogen-bond donors (Lipinski definition) is 1. The highest BCUT2D eigenvalue weighted by Crippen LogP contribution is 2.34. The number of piperazine rings is 1. The monoisotopic (exact) mass is 325 g/mol. The van der Waals surface area contributed by atoms with Crippen LogP contribution >= 0.6 is 0 Å². The van der Waals surface area contributed by atoms with Crippen LogP contribution in [0.4, 0.5) is 16.2 Å². The van der Waals surface area contributed by atoms with Gasteiger partial charge in [-0.3, -0.25) is 0 Å². The summed E-state index contributed by atoms with van der Waals surface area (Å²) in [6, 6.07) is 15.6. The summed E-state index contributed by atoms with van der Waals surface area (Å²) in [5, 5.41) is 2.93. The first-order valence-corrected chi connectivity index (χ1v) is 8.05. The number of benzene rings is 2. The molecule has 6 nitrogen and oxygen atoms in total. The Morgan fingerprint density at radius 1 is 0.917 bits per heavy atom. The Balaban J connectivity index is 1.35. The van der Waals surface area contributed by atoms with E-state index in [1.54, 1.807) is 6.07 Å². The largest absolute Gasteiger partial charge is 0.454 e. The molecule has 6 heteroatoms. The van der Waals surface area contributed by atoms with Crippen molar-refractivity contribution in [3.05, 3.63) is 48.5 Å². The van der Waals surface area contributed by atoms with E-state index in [0.717, 1.165) is 18.8 Å². The lowest BCUT2D eigenvalue weighted by molar-refractivity contribution is 0.174.